The average Bonchev–Trinajstić information content (AvgIpc) is 2.93. The molecule has 0 bridgehead atoms. The van der Waals surface area contributed by atoms with Crippen molar-refractivity contribution in [1.29, 1.82) is 0 Å². The van der Waals surface area contributed by atoms with Crippen LogP contribution in [0.25, 0.3) is 3.58 Å². The van der Waals surface area contributed by atoms with Crippen LogP contribution < -0.4 is 21.2 Å². The zero-order chi connectivity index (χ0) is 17.8. The zero-order valence-electron chi connectivity index (χ0n) is 14.4. The number of rotatable bonds is 3. The van der Waals surface area contributed by atoms with E-state index in [1.807, 2.05) is 0 Å². The van der Waals surface area contributed by atoms with Crippen molar-refractivity contribution >= 4 is 31.9 Å². The van der Waals surface area contributed by atoms with Gasteiger partial charge in [-0.05, 0) is 0 Å². The molecule has 0 fully saturated rings. The Kier molecular flexibility index (Phi) is 6.05. The van der Waals surface area contributed by atoms with Gasteiger partial charge < -0.3 is 0 Å². The molecule has 2 aromatic carbocycles. The van der Waals surface area contributed by atoms with Crippen LogP contribution in [0.15, 0.2) is 90.0 Å². The fourth-order valence-corrected chi connectivity index (χ4v) is 6.72. The topological polar surface area (TPSA) is 12.4 Å². The number of hydrogen-bond donors (Lipinski definition) is 0. The molecule has 2 atom stereocenters. The van der Waals surface area contributed by atoms with Gasteiger partial charge in [0.05, 0.1) is 0 Å². The van der Waals surface area contributed by atoms with Gasteiger partial charge in [-0.2, -0.15) is 0 Å². The first-order valence-electron chi connectivity index (χ1n) is 8.82. The molecule has 1 heterocycles. The molecule has 0 saturated carbocycles. The number of allylic oxidation sites excluding steroid dienone is 5. The number of hydrogen-bond acceptors (Lipinski definition) is 1. The second-order valence-corrected chi connectivity index (χ2v) is 10.5. The molecule has 1 nitrogen and oxygen atoms in total. The number of halogens is 2. The summed E-state index contributed by atoms with van der Waals surface area (Å²) in [5.74, 6) is 0.395. The summed E-state index contributed by atoms with van der Waals surface area (Å²) >= 11 is 2.32. The molecule has 3 heteroatoms. The van der Waals surface area contributed by atoms with Crippen molar-refractivity contribution in [1.82, 2.24) is 0 Å². The Morgan fingerprint density at radius 3 is 2.65 bits per heavy atom. The van der Waals surface area contributed by atoms with E-state index in [0.717, 1.165) is 10.8 Å². The Balaban J connectivity index is 1.72. The van der Waals surface area contributed by atoms with E-state index >= 15 is 0 Å². The van der Waals surface area contributed by atoms with Gasteiger partial charge in [-0.3, -0.25) is 0 Å². The molecule has 0 N–H and O–H groups in total. The van der Waals surface area contributed by atoms with Crippen LogP contribution in [-0.2, 0) is 0 Å². The van der Waals surface area contributed by atoms with Crippen LogP contribution in [0.2, 0.25) is 0 Å². The standard InChI is InChI=1S/C23H20I2N/c24-20-13-7-12-19(14-20)23-16-25-21(17-8-3-1-4-9-17)15-22(26-23)18-10-5-2-6-11-18/h1-10,12-15,18,23H,11,16H2/q-1. The van der Waals surface area contributed by atoms with Crippen molar-refractivity contribution in [2.75, 3.05) is 4.43 Å². The molecule has 0 aromatic heterocycles. The van der Waals surface area contributed by atoms with Crippen LogP contribution in [0.5, 0.6) is 0 Å². The summed E-state index contributed by atoms with van der Waals surface area (Å²) in [7, 11) is 0. The Hall–Kier alpha value is -1.21. The fraction of sp³-hybridized carbons (Fsp3) is 0.174. The predicted molar refractivity (Wildman–Crippen MR) is 115 cm³/mol. The molecule has 2 aromatic rings. The number of nitrogens with zero attached hydrogens (tertiary/aromatic N) is 1. The van der Waals surface area contributed by atoms with E-state index < -0.39 is 0 Å². The molecular weight excluding hydrogens is 544 g/mol. The van der Waals surface area contributed by atoms with Crippen molar-refractivity contribution in [2.45, 2.75) is 12.5 Å². The molecule has 2 aliphatic rings. The van der Waals surface area contributed by atoms with E-state index in [1.165, 1.54) is 24.0 Å². The molecule has 0 amide bonds. The van der Waals surface area contributed by atoms with Crippen LogP contribution in [-0.4, -0.2) is 10.1 Å². The maximum absolute atomic E-state index is 5.27. The summed E-state index contributed by atoms with van der Waals surface area (Å²) in [6.07, 6.45) is 12.3. The first-order valence-corrected chi connectivity index (χ1v) is 12.5. The average molecular weight is 564 g/mol. The van der Waals surface area contributed by atoms with Crippen molar-refractivity contribution in [2.24, 2.45) is 10.9 Å². The maximum atomic E-state index is 5.27. The van der Waals surface area contributed by atoms with Crippen LogP contribution >= 0.6 is 22.6 Å². The first kappa shape index (κ1) is 18.2. The van der Waals surface area contributed by atoms with Crippen LogP contribution in [0.3, 0.4) is 0 Å². The predicted octanol–water partition coefficient (Wildman–Crippen LogP) is 3.05. The summed E-state index contributed by atoms with van der Waals surface area (Å²) in [4.78, 5) is 5.27. The minimum atomic E-state index is -0.0811. The van der Waals surface area contributed by atoms with Crippen LogP contribution in [0, 0.1) is 9.49 Å². The Morgan fingerprint density at radius 1 is 1.00 bits per heavy atom. The van der Waals surface area contributed by atoms with Gasteiger partial charge in [0.25, 0.3) is 0 Å². The SMILES string of the molecule is Ic1cccc(C2C[I-]C(c3ccccc3)=CC(C3C=CC=CC3)=N2)c1. The van der Waals surface area contributed by atoms with E-state index in [2.05, 4.69) is 108 Å². The zero-order valence-corrected chi connectivity index (χ0v) is 18.7. The van der Waals surface area contributed by atoms with Gasteiger partial charge >= 0.3 is 181 Å². The van der Waals surface area contributed by atoms with Gasteiger partial charge in [-0.15, -0.1) is 0 Å². The van der Waals surface area contributed by atoms with Gasteiger partial charge in [0.1, 0.15) is 0 Å². The van der Waals surface area contributed by atoms with Gasteiger partial charge in [0.2, 0.25) is 0 Å². The Bertz CT molecular complexity index is 893. The van der Waals surface area contributed by atoms with E-state index in [9.17, 15) is 0 Å². The molecule has 0 saturated heterocycles. The summed E-state index contributed by atoms with van der Waals surface area (Å²) in [5, 5.41) is 0. The number of benzene rings is 2. The fourth-order valence-electron chi connectivity index (χ4n) is 3.21. The summed E-state index contributed by atoms with van der Waals surface area (Å²) in [5.41, 5.74) is 3.96. The van der Waals surface area contributed by atoms with Crippen LogP contribution in [0.4, 0.5) is 0 Å². The third-order valence-corrected chi connectivity index (χ3v) is 8.29. The van der Waals surface area contributed by atoms with Crippen molar-refractivity contribution < 1.29 is 21.2 Å². The van der Waals surface area contributed by atoms with E-state index in [4.69, 9.17) is 4.99 Å². The Morgan fingerprint density at radius 2 is 1.88 bits per heavy atom. The van der Waals surface area contributed by atoms with Gasteiger partial charge in [-0.25, -0.2) is 0 Å². The number of alkyl halides is 1. The second kappa shape index (κ2) is 8.65. The van der Waals surface area contributed by atoms with E-state index in [0.29, 0.717) is 5.92 Å². The van der Waals surface area contributed by atoms with E-state index in [-0.39, 0.29) is 27.2 Å². The van der Waals surface area contributed by atoms with Gasteiger partial charge in [0, 0.05) is 0 Å². The third kappa shape index (κ3) is 4.36. The molecule has 0 spiro atoms. The molecular formula is C23H20I2N-. The normalized spacial score (nSPS) is 22.8. The quantitative estimate of drug-likeness (QED) is 0.402. The number of aliphatic imine (C=N–C) groups is 1. The Labute approximate surface area is 179 Å². The van der Waals surface area contributed by atoms with Gasteiger partial charge in [0.15, 0.2) is 0 Å². The van der Waals surface area contributed by atoms with Crippen molar-refractivity contribution in [3.05, 3.63) is 99.7 Å². The first-order chi connectivity index (χ1) is 12.8. The van der Waals surface area contributed by atoms with Crippen LogP contribution in [0.1, 0.15) is 23.6 Å². The molecule has 1 aliphatic carbocycles. The molecule has 0 radical (unpaired) electrons. The summed E-state index contributed by atoms with van der Waals surface area (Å²) in [6, 6.07) is 20.0. The summed E-state index contributed by atoms with van der Waals surface area (Å²) < 4.78 is 3.96. The minimum absolute atomic E-state index is 0.0811. The van der Waals surface area contributed by atoms with E-state index in [1.54, 1.807) is 0 Å². The molecule has 2 unspecified atom stereocenters. The third-order valence-electron chi connectivity index (χ3n) is 4.59. The molecule has 26 heavy (non-hydrogen) atoms. The molecule has 1 aliphatic heterocycles. The second-order valence-electron chi connectivity index (χ2n) is 6.43. The molecule has 132 valence electrons. The van der Waals surface area contributed by atoms with Crippen molar-refractivity contribution in [3.8, 4) is 0 Å². The monoisotopic (exact) mass is 564 g/mol. The molecule has 4 rings (SSSR count). The van der Waals surface area contributed by atoms with Gasteiger partial charge in [-0.1, -0.05) is 0 Å². The summed E-state index contributed by atoms with van der Waals surface area (Å²) in [6.45, 7) is 0. The van der Waals surface area contributed by atoms with Crippen molar-refractivity contribution in [3.63, 3.8) is 0 Å².